The summed E-state index contributed by atoms with van der Waals surface area (Å²) in [4.78, 5) is 0. The van der Waals surface area contributed by atoms with Gasteiger partial charge in [0.25, 0.3) is 0 Å². The summed E-state index contributed by atoms with van der Waals surface area (Å²) in [5.41, 5.74) is 2.98. The summed E-state index contributed by atoms with van der Waals surface area (Å²) in [7, 11) is 0. The number of benzene rings is 1. The third-order valence-electron chi connectivity index (χ3n) is 4.20. The Hall–Kier alpha value is -0.540. The van der Waals surface area contributed by atoms with E-state index in [-0.39, 0.29) is 0 Å². The molecule has 0 atom stereocenters. The molecule has 1 aliphatic rings. The number of rotatable bonds is 8. The van der Waals surface area contributed by atoms with Crippen molar-refractivity contribution >= 4 is 15.9 Å². The Bertz CT molecular complexity index is 471. The maximum atomic E-state index is 5.79. The predicted octanol–water partition coefficient (Wildman–Crippen LogP) is 5.08. The molecule has 1 aromatic carbocycles. The maximum absolute atomic E-state index is 5.79. The molecule has 0 aliphatic carbocycles. The zero-order valence-electron chi connectivity index (χ0n) is 13.6. The fourth-order valence-corrected chi connectivity index (χ4v) is 3.51. The molecule has 1 heterocycles. The molecule has 0 spiro atoms. The third-order valence-corrected chi connectivity index (χ3v) is 4.66. The largest absolute Gasteiger partial charge is 0.493 e. The van der Waals surface area contributed by atoms with Gasteiger partial charge in [-0.3, -0.25) is 0 Å². The first kappa shape index (κ1) is 16.8. The van der Waals surface area contributed by atoms with Crippen LogP contribution in [0, 0.1) is 5.41 Å². The van der Waals surface area contributed by atoms with Crippen molar-refractivity contribution in [3.63, 3.8) is 0 Å². The van der Waals surface area contributed by atoms with E-state index in [9.17, 15) is 0 Å². The van der Waals surface area contributed by atoms with Crippen molar-refractivity contribution in [3.05, 3.63) is 27.7 Å². The highest BCUT2D eigenvalue weighted by Gasteiger charge is 2.19. The normalized spacial score (nSPS) is 14.1. The van der Waals surface area contributed by atoms with Gasteiger partial charge in [0.2, 0.25) is 0 Å². The minimum Gasteiger partial charge on any atom is -0.493 e. The summed E-state index contributed by atoms with van der Waals surface area (Å²) < 4.78 is 6.94. The molecule has 1 aliphatic heterocycles. The van der Waals surface area contributed by atoms with Gasteiger partial charge in [0, 0.05) is 29.5 Å². The Kier molecular flexibility index (Phi) is 6.12. The Morgan fingerprint density at radius 2 is 2.10 bits per heavy atom. The molecule has 0 amide bonds. The van der Waals surface area contributed by atoms with E-state index in [0.717, 1.165) is 36.3 Å². The van der Waals surface area contributed by atoms with Crippen LogP contribution in [0.25, 0.3) is 0 Å². The number of unbranched alkanes of at least 4 members (excludes halogenated alkanes) is 2. The maximum Gasteiger partial charge on any atom is 0.127 e. The van der Waals surface area contributed by atoms with Gasteiger partial charge >= 0.3 is 0 Å². The van der Waals surface area contributed by atoms with Crippen molar-refractivity contribution in [2.24, 2.45) is 5.41 Å². The molecular formula is C18H28BrNO. The van der Waals surface area contributed by atoms with Crippen molar-refractivity contribution in [3.8, 4) is 5.75 Å². The first-order chi connectivity index (χ1) is 10.0. The average Bonchev–Trinajstić information content (AvgIpc) is 2.86. The number of nitrogens with one attached hydrogen (secondary N) is 1. The zero-order chi connectivity index (χ0) is 15.3. The van der Waals surface area contributed by atoms with Crippen LogP contribution in [0.5, 0.6) is 5.75 Å². The molecule has 3 heteroatoms. The molecule has 1 aromatic rings. The summed E-state index contributed by atoms with van der Waals surface area (Å²) in [5.74, 6) is 1.11. The first-order valence-electron chi connectivity index (χ1n) is 8.16. The zero-order valence-corrected chi connectivity index (χ0v) is 15.2. The third kappa shape index (κ3) is 5.00. The van der Waals surface area contributed by atoms with Gasteiger partial charge in [-0.1, -0.05) is 56.0 Å². The van der Waals surface area contributed by atoms with Gasteiger partial charge in [-0.25, -0.2) is 0 Å². The Labute approximate surface area is 137 Å². The lowest BCUT2D eigenvalue weighted by molar-refractivity contribution is 0.300. The van der Waals surface area contributed by atoms with Crippen LogP contribution in [0.2, 0.25) is 0 Å². The molecule has 21 heavy (non-hydrogen) atoms. The molecule has 2 nitrogen and oxygen atoms in total. The van der Waals surface area contributed by atoms with Gasteiger partial charge in [-0.15, -0.1) is 0 Å². The van der Waals surface area contributed by atoms with Crippen molar-refractivity contribution < 1.29 is 4.74 Å². The minimum atomic E-state index is 0.366. The number of fused-ring (bicyclic) bond motifs is 1. The molecule has 0 aromatic heterocycles. The molecule has 2 rings (SSSR count). The molecule has 118 valence electrons. The van der Waals surface area contributed by atoms with Crippen LogP contribution < -0.4 is 10.1 Å². The second-order valence-corrected chi connectivity index (χ2v) is 7.79. The summed E-state index contributed by atoms with van der Waals surface area (Å²) in [5, 5.41) is 3.62. The topological polar surface area (TPSA) is 21.3 Å². The molecule has 0 unspecified atom stereocenters. The SMILES string of the molecule is CCCCCC(C)(C)CNCc1cc(Br)cc2c1OCC2. The summed E-state index contributed by atoms with van der Waals surface area (Å²) in [6.07, 6.45) is 6.30. The van der Waals surface area contributed by atoms with Crippen molar-refractivity contribution in [2.45, 2.75) is 59.4 Å². The van der Waals surface area contributed by atoms with Gasteiger partial charge in [0.1, 0.15) is 5.75 Å². The fourth-order valence-electron chi connectivity index (χ4n) is 2.95. The molecule has 0 fully saturated rings. The van der Waals surface area contributed by atoms with E-state index in [2.05, 4.69) is 54.2 Å². The Morgan fingerprint density at radius 1 is 1.29 bits per heavy atom. The van der Waals surface area contributed by atoms with Crippen LogP contribution >= 0.6 is 15.9 Å². The van der Waals surface area contributed by atoms with Crippen molar-refractivity contribution in [1.29, 1.82) is 0 Å². The number of ether oxygens (including phenoxy) is 1. The molecule has 0 radical (unpaired) electrons. The van der Waals surface area contributed by atoms with Crippen molar-refractivity contribution in [2.75, 3.05) is 13.2 Å². The van der Waals surface area contributed by atoms with E-state index in [1.54, 1.807) is 0 Å². The standard InChI is InChI=1S/C18H28BrNO/c1-4-5-6-8-18(2,3)13-20-12-15-11-16(19)10-14-7-9-21-17(14)15/h10-11,20H,4-9,12-13H2,1-3H3. The van der Waals surface area contributed by atoms with Crippen LogP contribution in [-0.4, -0.2) is 13.2 Å². The average molecular weight is 354 g/mol. The van der Waals surface area contributed by atoms with Gasteiger partial charge in [-0.2, -0.15) is 0 Å². The van der Waals surface area contributed by atoms with E-state index in [0.29, 0.717) is 5.41 Å². The van der Waals surface area contributed by atoms with Gasteiger partial charge < -0.3 is 10.1 Å². The molecule has 0 bridgehead atoms. The monoisotopic (exact) mass is 353 g/mol. The van der Waals surface area contributed by atoms with Crippen molar-refractivity contribution in [1.82, 2.24) is 5.32 Å². The van der Waals surface area contributed by atoms with Gasteiger partial charge in [-0.05, 0) is 29.5 Å². The summed E-state index contributed by atoms with van der Waals surface area (Å²) in [6.45, 7) is 9.74. The van der Waals surface area contributed by atoms with Gasteiger partial charge in [0.15, 0.2) is 0 Å². The number of hydrogen-bond acceptors (Lipinski definition) is 2. The van der Waals surface area contributed by atoms with E-state index in [1.807, 2.05) is 0 Å². The lowest BCUT2D eigenvalue weighted by Gasteiger charge is -2.25. The van der Waals surface area contributed by atoms with Crippen LogP contribution in [0.1, 0.15) is 57.6 Å². The fraction of sp³-hybridized carbons (Fsp3) is 0.667. The second kappa shape index (κ2) is 7.64. The molecule has 0 saturated heterocycles. The summed E-state index contributed by atoms with van der Waals surface area (Å²) in [6, 6.07) is 4.36. The highest BCUT2D eigenvalue weighted by Crippen LogP contribution is 2.33. The Morgan fingerprint density at radius 3 is 2.86 bits per heavy atom. The molecule has 0 saturated carbocycles. The second-order valence-electron chi connectivity index (χ2n) is 6.88. The van der Waals surface area contributed by atoms with Crippen LogP contribution in [0.3, 0.4) is 0 Å². The van der Waals surface area contributed by atoms with Crippen LogP contribution in [0.15, 0.2) is 16.6 Å². The smallest absolute Gasteiger partial charge is 0.127 e. The Balaban J connectivity index is 1.86. The van der Waals surface area contributed by atoms with Crippen LogP contribution in [0.4, 0.5) is 0 Å². The van der Waals surface area contributed by atoms with Crippen LogP contribution in [-0.2, 0) is 13.0 Å². The van der Waals surface area contributed by atoms with Gasteiger partial charge in [0.05, 0.1) is 6.61 Å². The lowest BCUT2D eigenvalue weighted by Crippen LogP contribution is -2.29. The van der Waals surface area contributed by atoms with E-state index < -0.39 is 0 Å². The van der Waals surface area contributed by atoms with E-state index in [1.165, 1.54) is 36.8 Å². The quantitative estimate of drug-likeness (QED) is 0.658. The minimum absolute atomic E-state index is 0.366. The predicted molar refractivity (Wildman–Crippen MR) is 93.0 cm³/mol. The summed E-state index contributed by atoms with van der Waals surface area (Å²) >= 11 is 3.61. The molecular weight excluding hydrogens is 326 g/mol. The lowest BCUT2D eigenvalue weighted by atomic mass is 9.87. The molecule has 1 N–H and O–H groups in total. The first-order valence-corrected chi connectivity index (χ1v) is 8.96. The highest BCUT2D eigenvalue weighted by atomic mass is 79.9. The van der Waals surface area contributed by atoms with E-state index >= 15 is 0 Å². The highest BCUT2D eigenvalue weighted by molar-refractivity contribution is 9.10. The van der Waals surface area contributed by atoms with E-state index in [4.69, 9.17) is 4.74 Å². The number of halogens is 1. The number of hydrogen-bond donors (Lipinski definition) is 1.